The molecule has 1 nitrogen and oxygen atoms in total. The second-order valence-electron chi connectivity index (χ2n) is 5.93. The van der Waals surface area contributed by atoms with E-state index in [-0.39, 0.29) is 0 Å². The molecule has 1 aromatic heterocycles. The predicted octanol–water partition coefficient (Wildman–Crippen LogP) is 5.41. The van der Waals surface area contributed by atoms with Crippen LogP contribution in [0.5, 0.6) is 0 Å². The van der Waals surface area contributed by atoms with Gasteiger partial charge in [-0.2, -0.15) is 0 Å². The monoisotopic (exact) mass is 295 g/mol. The maximum Gasteiger partial charge on any atom is 0.0669 e. The molecular weight excluding hydrogens is 278 g/mol. The van der Waals surface area contributed by atoms with E-state index in [1.807, 2.05) is 12.1 Å². The molecular formula is C19H18ClN. The van der Waals surface area contributed by atoms with Crippen LogP contribution in [-0.2, 0) is 13.0 Å². The van der Waals surface area contributed by atoms with E-state index in [4.69, 9.17) is 11.6 Å². The van der Waals surface area contributed by atoms with Crippen molar-refractivity contribution in [1.29, 1.82) is 0 Å². The molecule has 1 aliphatic rings. The highest BCUT2D eigenvalue weighted by Crippen LogP contribution is 2.34. The van der Waals surface area contributed by atoms with Crippen molar-refractivity contribution in [3.8, 4) is 0 Å². The summed E-state index contributed by atoms with van der Waals surface area (Å²) < 4.78 is 2.32. The molecule has 0 spiro atoms. The summed E-state index contributed by atoms with van der Waals surface area (Å²) in [6.45, 7) is 1.02. The zero-order chi connectivity index (χ0) is 14.2. The van der Waals surface area contributed by atoms with Gasteiger partial charge in [-0.05, 0) is 42.5 Å². The Balaban J connectivity index is 1.73. The average Bonchev–Trinajstić information content (AvgIpc) is 2.92. The first kappa shape index (κ1) is 13.0. The molecule has 1 heterocycles. The van der Waals surface area contributed by atoms with Crippen LogP contribution in [0.25, 0.3) is 10.9 Å². The zero-order valence-electron chi connectivity index (χ0n) is 11.9. The van der Waals surface area contributed by atoms with E-state index in [1.165, 1.54) is 41.3 Å². The van der Waals surface area contributed by atoms with Crippen molar-refractivity contribution in [2.75, 3.05) is 0 Å². The highest BCUT2D eigenvalue weighted by Gasteiger charge is 2.20. The average molecular weight is 296 g/mol. The lowest BCUT2D eigenvalue weighted by atomic mass is 9.83. The first-order valence-electron chi connectivity index (χ1n) is 7.64. The van der Waals surface area contributed by atoms with Crippen LogP contribution in [0.1, 0.15) is 29.9 Å². The number of para-hydroxylation sites is 1. The number of hydrogen-bond acceptors (Lipinski definition) is 0. The number of aryl methyl sites for hydroxylation is 1. The quantitative estimate of drug-likeness (QED) is 0.595. The molecule has 2 heteroatoms. The Kier molecular flexibility index (Phi) is 3.23. The SMILES string of the molecule is Clc1cccc2ccn(CC3CCCc4ccccc43)c12. The third kappa shape index (κ3) is 2.26. The molecule has 0 N–H and O–H groups in total. The number of rotatable bonds is 2. The lowest BCUT2D eigenvalue weighted by molar-refractivity contribution is 0.490. The number of aromatic nitrogens is 1. The van der Waals surface area contributed by atoms with E-state index in [1.54, 1.807) is 0 Å². The van der Waals surface area contributed by atoms with Gasteiger partial charge in [0.15, 0.2) is 0 Å². The molecule has 1 atom stereocenters. The van der Waals surface area contributed by atoms with Crippen LogP contribution in [0, 0.1) is 0 Å². The van der Waals surface area contributed by atoms with Crippen molar-refractivity contribution in [2.45, 2.75) is 31.7 Å². The topological polar surface area (TPSA) is 4.93 Å². The van der Waals surface area contributed by atoms with Gasteiger partial charge >= 0.3 is 0 Å². The Hall–Kier alpha value is -1.73. The standard InChI is InChI=1S/C19H18ClN/c20-18-10-4-7-15-11-12-21(19(15)18)13-16-8-3-6-14-5-1-2-9-17(14)16/h1-2,4-5,7,9-12,16H,3,6,8,13H2. The molecule has 0 bridgehead atoms. The molecule has 21 heavy (non-hydrogen) atoms. The van der Waals surface area contributed by atoms with Gasteiger partial charge in [-0.1, -0.05) is 48.0 Å². The van der Waals surface area contributed by atoms with E-state index in [2.05, 4.69) is 47.2 Å². The highest BCUT2D eigenvalue weighted by molar-refractivity contribution is 6.35. The Morgan fingerprint density at radius 2 is 1.95 bits per heavy atom. The number of benzene rings is 2. The molecule has 4 rings (SSSR count). The zero-order valence-corrected chi connectivity index (χ0v) is 12.7. The van der Waals surface area contributed by atoms with Gasteiger partial charge in [0.25, 0.3) is 0 Å². The maximum atomic E-state index is 6.40. The van der Waals surface area contributed by atoms with Crippen molar-refractivity contribution < 1.29 is 0 Å². The van der Waals surface area contributed by atoms with Crippen molar-refractivity contribution in [1.82, 2.24) is 4.57 Å². The van der Waals surface area contributed by atoms with Gasteiger partial charge in [0, 0.05) is 24.0 Å². The molecule has 1 unspecified atom stereocenters. The van der Waals surface area contributed by atoms with Gasteiger partial charge in [-0.3, -0.25) is 0 Å². The van der Waals surface area contributed by atoms with E-state index >= 15 is 0 Å². The van der Waals surface area contributed by atoms with Crippen molar-refractivity contribution in [2.24, 2.45) is 0 Å². The number of hydrogen-bond donors (Lipinski definition) is 0. The number of fused-ring (bicyclic) bond motifs is 2. The first-order valence-corrected chi connectivity index (χ1v) is 8.02. The third-order valence-corrected chi connectivity index (χ3v) is 4.95. The fourth-order valence-corrected chi connectivity index (χ4v) is 3.94. The molecule has 0 amide bonds. The minimum absolute atomic E-state index is 0.599. The second-order valence-corrected chi connectivity index (χ2v) is 6.34. The summed E-state index contributed by atoms with van der Waals surface area (Å²) in [5.41, 5.74) is 4.22. The van der Waals surface area contributed by atoms with Gasteiger partial charge in [0.1, 0.15) is 0 Å². The lowest BCUT2D eigenvalue weighted by Gasteiger charge is -2.26. The Morgan fingerprint density at radius 1 is 1.05 bits per heavy atom. The summed E-state index contributed by atoms with van der Waals surface area (Å²) in [4.78, 5) is 0. The summed E-state index contributed by atoms with van der Waals surface area (Å²) in [7, 11) is 0. The van der Waals surface area contributed by atoms with Crippen LogP contribution in [0.4, 0.5) is 0 Å². The number of halogens is 1. The minimum atomic E-state index is 0.599. The van der Waals surface area contributed by atoms with Crippen LogP contribution in [0.15, 0.2) is 54.7 Å². The van der Waals surface area contributed by atoms with E-state index in [0.717, 1.165) is 11.6 Å². The molecule has 0 saturated heterocycles. The smallest absolute Gasteiger partial charge is 0.0669 e. The molecule has 0 radical (unpaired) electrons. The highest BCUT2D eigenvalue weighted by atomic mass is 35.5. The molecule has 0 aliphatic heterocycles. The Morgan fingerprint density at radius 3 is 2.90 bits per heavy atom. The van der Waals surface area contributed by atoms with Crippen molar-refractivity contribution in [3.05, 3.63) is 70.9 Å². The van der Waals surface area contributed by atoms with Gasteiger partial charge in [0.2, 0.25) is 0 Å². The third-order valence-electron chi connectivity index (χ3n) is 4.65. The molecule has 2 aromatic carbocycles. The van der Waals surface area contributed by atoms with Gasteiger partial charge < -0.3 is 4.57 Å². The summed E-state index contributed by atoms with van der Waals surface area (Å²) in [5.74, 6) is 0.599. The summed E-state index contributed by atoms with van der Waals surface area (Å²) in [6, 6.07) is 17.2. The van der Waals surface area contributed by atoms with Gasteiger partial charge in [-0.15, -0.1) is 0 Å². The molecule has 3 aromatic rings. The van der Waals surface area contributed by atoms with Crippen molar-refractivity contribution in [3.63, 3.8) is 0 Å². The van der Waals surface area contributed by atoms with E-state index in [0.29, 0.717) is 5.92 Å². The summed E-state index contributed by atoms with van der Waals surface area (Å²) >= 11 is 6.40. The minimum Gasteiger partial charge on any atom is -0.346 e. The molecule has 106 valence electrons. The Labute approximate surface area is 130 Å². The fourth-order valence-electron chi connectivity index (χ4n) is 3.65. The molecule has 0 saturated carbocycles. The van der Waals surface area contributed by atoms with Crippen LogP contribution in [0.2, 0.25) is 5.02 Å². The lowest BCUT2D eigenvalue weighted by Crippen LogP contribution is -2.15. The summed E-state index contributed by atoms with van der Waals surface area (Å²) in [5, 5.41) is 2.08. The summed E-state index contributed by atoms with van der Waals surface area (Å²) in [6.07, 6.45) is 5.95. The largest absolute Gasteiger partial charge is 0.346 e. The van der Waals surface area contributed by atoms with E-state index < -0.39 is 0 Å². The van der Waals surface area contributed by atoms with Gasteiger partial charge in [0.05, 0.1) is 10.5 Å². The normalized spacial score (nSPS) is 17.9. The molecule has 0 fully saturated rings. The predicted molar refractivity (Wildman–Crippen MR) is 89.1 cm³/mol. The first-order chi connectivity index (χ1) is 10.3. The Bertz CT molecular complexity index is 787. The van der Waals surface area contributed by atoms with Gasteiger partial charge in [-0.25, -0.2) is 0 Å². The second kappa shape index (κ2) is 5.23. The maximum absolute atomic E-state index is 6.40. The van der Waals surface area contributed by atoms with Crippen LogP contribution in [-0.4, -0.2) is 4.57 Å². The van der Waals surface area contributed by atoms with Crippen LogP contribution >= 0.6 is 11.6 Å². The van der Waals surface area contributed by atoms with E-state index in [9.17, 15) is 0 Å². The van der Waals surface area contributed by atoms with Crippen LogP contribution < -0.4 is 0 Å². The fraction of sp³-hybridized carbons (Fsp3) is 0.263. The van der Waals surface area contributed by atoms with Crippen molar-refractivity contribution >= 4 is 22.5 Å². The van der Waals surface area contributed by atoms with Crippen LogP contribution in [0.3, 0.4) is 0 Å². The molecule has 1 aliphatic carbocycles. The number of nitrogens with zero attached hydrogens (tertiary/aromatic N) is 1.